The van der Waals surface area contributed by atoms with Gasteiger partial charge in [0.05, 0.1) is 12.4 Å². The van der Waals surface area contributed by atoms with Gasteiger partial charge in [0.25, 0.3) is 0 Å². The van der Waals surface area contributed by atoms with Gasteiger partial charge in [-0.2, -0.15) is 0 Å². The van der Waals surface area contributed by atoms with E-state index in [-0.39, 0.29) is 25.1 Å². The van der Waals surface area contributed by atoms with Crippen LogP contribution in [0.5, 0.6) is 0 Å². The molecule has 1 atom stereocenters. The molecule has 0 aliphatic rings. The van der Waals surface area contributed by atoms with Crippen LogP contribution in [-0.2, 0) is 16.1 Å². The number of nitrogens with zero attached hydrogens (tertiary/aromatic N) is 2. The molecule has 1 N–H and O–H groups in total. The first kappa shape index (κ1) is 12.9. The van der Waals surface area contributed by atoms with Crippen LogP contribution in [0.4, 0.5) is 0 Å². The van der Waals surface area contributed by atoms with Crippen LogP contribution in [0.15, 0.2) is 18.7 Å². The molecular weight excluding hydrogens is 208 g/mol. The molecule has 80 valence electrons. The molecule has 1 rings (SSSR count). The van der Waals surface area contributed by atoms with Gasteiger partial charge in [0.2, 0.25) is 0 Å². The second kappa shape index (κ2) is 6.39. The van der Waals surface area contributed by atoms with Crippen LogP contribution in [0.25, 0.3) is 0 Å². The molecule has 0 saturated heterocycles. The number of hydrogen-bond acceptors (Lipinski definition) is 3. The highest BCUT2D eigenvalue weighted by atomic mass is 35.5. The number of imidazole rings is 1. The minimum atomic E-state index is -0.947. The number of ether oxygens (including phenoxy) is 1. The largest absolute Gasteiger partial charge is 0.480 e. The number of carboxylic acid groups (broad SMARTS) is 1. The fraction of sp³-hybridized carbons (Fsp3) is 0.500. The minimum Gasteiger partial charge on any atom is -0.480 e. The van der Waals surface area contributed by atoms with E-state index in [1.165, 1.54) is 0 Å². The summed E-state index contributed by atoms with van der Waals surface area (Å²) in [7, 11) is 0. The first-order valence-corrected chi connectivity index (χ1v) is 3.97. The number of aliphatic carboxylic acids is 1. The summed E-state index contributed by atoms with van der Waals surface area (Å²) in [6.45, 7) is 2.19. The van der Waals surface area contributed by atoms with E-state index in [1.54, 1.807) is 18.7 Å². The smallest absolute Gasteiger partial charge is 0.329 e. The molecule has 0 aromatic carbocycles. The monoisotopic (exact) mass is 220 g/mol. The molecule has 0 radical (unpaired) electrons. The highest BCUT2D eigenvalue weighted by Crippen LogP contribution is 1.96. The van der Waals surface area contributed by atoms with Gasteiger partial charge in [-0.1, -0.05) is 0 Å². The molecule has 0 saturated carbocycles. The molecule has 1 aromatic rings. The molecule has 0 bridgehead atoms. The highest BCUT2D eigenvalue weighted by Gasteiger charge is 2.05. The zero-order valence-corrected chi connectivity index (χ0v) is 8.61. The fourth-order valence-corrected chi connectivity index (χ4v) is 0.958. The predicted molar refractivity (Wildman–Crippen MR) is 52.5 cm³/mol. The normalized spacial score (nSPS) is 11.8. The molecule has 14 heavy (non-hydrogen) atoms. The van der Waals surface area contributed by atoms with Gasteiger partial charge in [-0.15, -0.1) is 12.4 Å². The van der Waals surface area contributed by atoms with E-state index in [0.717, 1.165) is 0 Å². The fourth-order valence-electron chi connectivity index (χ4n) is 0.958. The molecular formula is C8H13ClN2O3. The second-order valence-electron chi connectivity index (χ2n) is 2.77. The van der Waals surface area contributed by atoms with Gasteiger partial charge in [-0.05, 0) is 6.92 Å². The molecule has 1 heterocycles. The van der Waals surface area contributed by atoms with Crippen molar-refractivity contribution >= 4 is 18.4 Å². The van der Waals surface area contributed by atoms with E-state index in [9.17, 15) is 4.79 Å². The summed E-state index contributed by atoms with van der Waals surface area (Å²) >= 11 is 0. The summed E-state index contributed by atoms with van der Waals surface area (Å²) in [6.07, 6.45) is 5.02. The Kier molecular flexibility index (Phi) is 5.91. The molecule has 5 nitrogen and oxygen atoms in total. The lowest BCUT2D eigenvalue weighted by atomic mass is 10.4. The van der Waals surface area contributed by atoms with Crippen LogP contribution in [-0.4, -0.2) is 33.3 Å². The van der Waals surface area contributed by atoms with Crippen molar-refractivity contribution in [3.05, 3.63) is 18.7 Å². The van der Waals surface area contributed by atoms with Gasteiger partial charge in [0.1, 0.15) is 6.61 Å². The summed E-state index contributed by atoms with van der Waals surface area (Å²) in [5.74, 6) is -0.947. The van der Waals surface area contributed by atoms with Crippen LogP contribution >= 0.6 is 12.4 Å². The van der Waals surface area contributed by atoms with Crippen LogP contribution < -0.4 is 0 Å². The van der Waals surface area contributed by atoms with Crippen molar-refractivity contribution in [2.45, 2.75) is 19.6 Å². The quantitative estimate of drug-likeness (QED) is 0.797. The Morgan fingerprint density at radius 3 is 2.93 bits per heavy atom. The van der Waals surface area contributed by atoms with Gasteiger partial charge in [0.15, 0.2) is 0 Å². The van der Waals surface area contributed by atoms with Crippen molar-refractivity contribution in [2.24, 2.45) is 0 Å². The first-order valence-electron chi connectivity index (χ1n) is 3.97. The third-order valence-electron chi connectivity index (χ3n) is 1.52. The maximum Gasteiger partial charge on any atom is 0.329 e. The van der Waals surface area contributed by atoms with Crippen LogP contribution in [0, 0.1) is 0 Å². The second-order valence-corrected chi connectivity index (χ2v) is 2.77. The summed E-state index contributed by atoms with van der Waals surface area (Å²) in [5, 5.41) is 8.34. The van der Waals surface area contributed by atoms with Crippen molar-refractivity contribution in [1.82, 2.24) is 9.55 Å². The van der Waals surface area contributed by atoms with Crippen LogP contribution in [0.1, 0.15) is 6.92 Å². The number of carboxylic acids is 1. The summed E-state index contributed by atoms with van der Waals surface area (Å²) in [5.41, 5.74) is 0. The topological polar surface area (TPSA) is 64.4 Å². The van der Waals surface area contributed by atoms with Gasteiger partial charge in [-0.25, -0.2) is 9.78 Å². The Balaban J connectivity index is 0.00000169. The minimum absolute atomic E-state index is 0. The summed E-state index contributed by atoms with van der Waals surface area (Å²) < 4.78 is 6.87. The Morgan fingerprint density at radius 1 is 1.71 bits per heavy atom. The van der Waals surface area contributed by atoms with Gasteiger partial charge in [0, 0.05) is 18.9 Å². The van der Waals surface area contributed by atoms with Crippen molar-refractivity contribution in [1.29, 1.82) is 0 Å². The highest BCUT2D eigenvalue weighted by molar-refractivity contribution is 5.85. The Labute approximate surface area is 88.1 Å². The summed E-state index contributed by atoms with van der Waals surface area (Å²) in [4.78, 5) is 14.0. The number of aromatic nitrogens is 2. The van der Waals surface area contributed by atoms with E-state index in [4.69, 9.17) is 9.84 Å². The molecule has 0 amide bonds. The third kappa shape index (κ3) is 4.84. The molecule has 0 aliphatic carbocycles. The summed E-state index contributed by atoms with van der Waals surface area (Å²) in [6, 6.07) is 0. The van der Waals surface area contributed by atoms with E-state index in [0.29, 0.717) is 6.54 Å². The average Bonchev–Trinajstić information content (AvgIpc) is 2.53. The van der Waals surface area contributed by atoms with E-state index < -0.39 is 5.97 Å². The van der Waals surface area contributed by atoms with Gasteiger partial charge < -0.3 is 14.4 Å². The van der Waals surface area contributed by atoms with Gasteiger partial charge >= 0.3 is 5.97 Å². The molecule has 6 heteroatoms. The lowest BCUT2D eigenvalue weighted by molar-refractivity contribution is -0.144. The molecule has 0 spiro atoms. The lowest BCUT2D eigenvalue weighted by Crippen LogP contribution is -2.19. The SMILES string of the molecule is CC(Cn1ccnc1)OCC(=O)O.Cl. The molecule has 1 aromatic heterocycles. The number of halogens is 1. The number of hydrogen-bond donors (Lipinski definition) is 1. The zero-order valence-electron chi connectivity index (χ0n) is 7.79. The van der Waals surface area contributed by atoms with Crippen LogP contribution in [0.2, 0.25) is 0 Å². The van der Waals surface area contributed by atoms with Crippen molar-refractivity contribution in [3.8, 4) is 0 Å². The number of carbonyl (C=O) groups is 1. The number of rotatable bonds is 5. The maximum absolute atomic E-state index is 10.2. The Hall–Kier alpha value is -1.07. The predicted octanol–water partition coefficient (Wildman–Crippen LogP) is 0.795. The van der Waals surface area contributed by atoms with Crippen molar-refractivity contribution in [2.75, 3.05) is 6.61 Å². The maximum atomic E-state index is 10.2. The Bertz CT molecular complexity index is 264. The van der Waals surface area contributed by atoms with E-state index >= 15 is 0 Å². The standard InChI is InChI=1S/C8H12N2O3.ClH/c1-7(13-5-8(11)12)4-10-3-2-9-6-10;/h2-3,6-7H,4-5H2,1H3,(H,11,12);1H. The van der Waals surface area contributed by atoms with E-state index in [2.05, 4.69) is 4.98 Å². The van der Waals surface area contributed by atoms with Crippen molar-refractivity contribution < 1.29 is 14.6 Å². The van der Waals surface area contributed by atoms with Crippen LogP contribution in [0.3, 0.4) is 0 Å². The lowest BCUT2D eigenvalue weighted by Gasteiger charge is -2.11. The van der Waals surface area contributed by atoms with E-state index in [1.807, 2.05) is 11.5 Å². The molecule has 1 unspecified atom stereocenters. The molecule has 0 fully saturated rings. The van der Waals surface area contributed by atoms with Gasteiger partial charge in [-0.3, -0.25) is 0 Å². The zero-order chi connectivity index (χ0) is 9.68. The Morgan fingerprint density at radius 2 is 2.43 bits per heavy atom. The van der Waals surface area contributed by atoms with Crippen molar-refractivity contribution in [3.63, 3.8) is 0 Å². The first-order chi connectivity index (χ1) is 6.18. The molecule has 0 aliphatic heterocycles. The third-order valence-corrected chi connectivity index (χ3v) is 1.52. The average molecular weight is 221 g/mol.